The number of hydrogen-bond donors (Lipinski definition) is 3. The van der Waals surface area contributed by atoms with Crippen molar-refractivity contribution in [1.82, 2.24) is 25.7 Å². The second-order valence-corrected chi connectivity index (χ2v) is 9.74. The summed E-state index contributed by atoms with van der Waals surface area (Å²) < 4.78 is 14.4. The van der Waals surface area contributed by atoms with Gasteiger partial charge in [0.05, 0.1) is 6.20 Å². The summed E-state index contributed by atoms with van der Waals surface area (Å²) in [5, 5.41) is 11.8. The van der Waals surface area contributed by atoms with E-state index in [9.17, 15) is 18.8 Å². The third kappa shape index (κ3) is 3.91. The van der Waals surface area contributed by atoms with Crippen molar-refractivity contribution in [3.8, 4) is 11.1 Å². The number of carbonyl (C=O) groups excluding carboxylic acids is 3. The largest absolute Gasteiger partial charge is 0.365 e. The quantitative estimate of drug-likeness (QED) is 0.564. The zero-order valence-electron chi connectivity index (χ0n) is 19.3. The van der Waals surface area contributed by atoms with Gasteiger partial charge in [-0.25, -0.2) is 9.18 Å². The molecule has 2 aliphatic heterocycles. The Labute approximate surface area is 197 Å². The van der Waals surface area contributed by atoms with Gasteiger partial charge in [0.15, 0.2) is 0 Å². The molecule has 1 aromatic heterocycles. The van der Waals surface area contributed by atoms with Gasteiger partial charge in [0.2, 0.25) is 5.91 Å². The number of piperazine rings is 1. The van der Waals surface area contributed by atoms with Crippen LogP contribution in [0.5, 0.6) is 0 Å². The maximum absolute atomic E-state index is 14.4. The summed E-state index contributed by atoms with van der Waals surface area (Å²) in [6, 6.07) is 4.59. The van der Waals surface area contributed by atoms with Gasteiger partial charge in [-0.05, 0) is 50.3 Å². The summed E-state index contributed by atoms with van der Waals surface area (Å²) in [6.45, 7) is 5.54. The molecule has 3 N–H and O–H groups in total. The van der Waals surface area contributed by atoms with Gasteiger partial charge in [0.1, 0.15) is 11.4 Å². The molecule has 2 saturated heterocycles. The highest BCUT2D eigenvalue weighted by Gasteiger charge is 2.56. The number of aromatic nitrogens is 2. The molecule has 2 aromatic rings. The van der Waals surface area contributed by atoms with E-state index in [4.69, 9.17) is 0 Å². The van der Waals surface area contributed by atoms with E-state index in [1.165, 1.54) is 6.07 Å². The third-order valence-electron chi connectivity index (χ3n) is 7.32. The highest BCUT2D eigenvalue weighted by Crippen LogP contribution is 2.44. The molecule has 3 aliphatic rings. The van der Waals surface area contributed by atoms with Crippen LogP contribution in [-0.4, -0.2) is 64.2 Å². The fraction of sp³-hybridized carbons (Fsp3) is 0.500. The summed E-state index contributed by atoms with van der Waals surface area (Å²) in [6.07, 6.45) is 5.30. The lowest BCUT2D eigenvalue weighted by molar-refractivity contribution is -0.137. The molecule has 180 valence electrons. The molecule has 3 fully saturated rings. The fourth-order valence-corrected chi connectivity index (χ4v) is 5.41. The number of nitrogens with one attached hydrogen (secondary N) is 3. The molecule has 0 radical (unpaired) electrons. The van der Waals surface area contributed by atoms with Crippen molar-refractivity contribution in [2.75, 3.05) is 24.5 Å². The Hall–Kier alpha value is -3.43. The number of benzene rings is 1. The van der Waals surface area contributed by atoms with E-state index < -0.39 is 17.5 Å². The molecular weight excluding hydrogens is 439 g/mol. The number of imide groups is 1. The van der Waals surface area contributed by atoms with Gasteiger partial charge >= 0.3 is 6.03 Å². The lowest BCUT2D eigenvalue weighted by Crippen LogP contribution is -2.56. The number of H-pyrrole nitrogens is 1. The maximum atomic E-state index is 14.4. The maximum Gasteiger partial charge on any atom is 0.322 e. The second kappa shape index (κ2) is 8.41. The molecule has 1 aliphatic carbocycles. The number of anilines is 1. The van der Waals surface area contributed by atoms with E-state index in [2.05, 4.69) is 25.7 Å². The molecule has 4 amide bonds. The summed E-state index contributed by atoms with van der Waals surface area (Å²) in [7, 11) is 0. The lowest BCUT2D eigenvalue weighted by atomic mass is 9.83. The highest BCUT2D eigenvalue weighted by atomic mass is 19.1. The first-order chi connectivity index (χ1) is 16.3. The van der Waals surface area contributed by atoms with E-state index in [-0.39, 0.29) is 29.6 Å². The standard InChI is InChI=1S/C24H29FN6O3/c1-14(10-24(17-3-4-17)22(33)28-23(34)29-24)21(32)30-7-8-31(15(2)13-30)18-5-6-20(25)19(9-18)16-11-26-27-12-16/h5-6,9,11-12,14-15,17H,3-4,7-8,10,13H2,1-2H3,(H,26,27)(H2,28,29,33,34)/t14-,15-,24-/m0/s1. The van der Waals surface area contributed by atoms with Crippen LogP contribution in [0.25, 0.3) is 11.1 Å². The van der Waals surface area contributed by atoms with Crippen molar-refractivity contribution in [3.05, 3.63) is 36.4 Å². The summed E-state index contributed by atoms with van der Waals surface area (Å²) in [5.41, 5.74) is 1.08. The molecule has 3 atom stereocenters. The van der Waals surface area contributed by atoms with Crippen molar-refractivity contribution < 1.29 is 18.8 Å². The van der Waals surface area contributed by atoms with Gasteiger partial charge in [0, 0.05) is 54.6 Å². The van der Waals surface area contributed by atoms with Crippen LogP contribution in [0.2, 0.25) is 0 Å². The first-order valence-electron chi connectivity index (χ1n) is 11.8. The normalized spacial score (nSPS) is 25.8. The van der Waals surface area contributed by atoms with E-state index in [1.807, 2.05) is 24.8 Å². The van der Waals surface area contributed by atoms with Crippen LogP contribution in [-0.2, 0) is 9.59 Å². The Kier molecular flexibility index (Phi) is 5.53. The molecule has 9 nitrogen and oxygen atoms in total. The first kappa shape index (κ1) is 22.4. The summed E-state index contributed by atoms with van der Waals surface area (Å²) in [5.74, 6) is -0.954. The Balaban J connectivity index is 1.26. The van der Waals surface area contributed by atoms with Gasteiger partial charge in [-0.1, -0.05) is 6.92 Å². The van der Waals surface area contributed by atoms with Gasteiger partial charge < -0.3 is 15.1 Å². The molecule has 3 heterocycles. The number of hydrogen-bond acceptors (Lipinski definition) is 5. The van der Waals surface area contributed by atoms with Crippen molar-refractivity contribution >= 4 is 23.5 Å². The SMILES string of the molecule is C[C@@H](C[C@@]1(C2CC2)NC(=O)NC1=O)C(=O)N1CCN(c2ccc(F)c(-c3cn[nH]c3)c2)[C@@H](C)C1. The van der Waals surface area contributed by atoms with Crippen molar-refractivity contribution in [1.29, 1.82) is 0 Å². The summed E-state index contributed by atoms with van der Waals surface area (Å²) in [4.78, 5) is 41.7. The van der Waals surface area contributed by atoms with Crippen molar-refractivity contribution in [2.24, 2.45) is 11.8 Å². The van der Waals surface area contributed by atoms with Crippen LogP contribution >= 0.6 is 0 Å². The van der Waals surface area contributed by atoms with Crippen LogP contribution in [0.4, 0.5) is 14.9 Å². The number of nitrogens with zero attached hydrogens (tertiary/aromatic N) is 3. The Morgan fingerprint density at radius 1 is 1.29 bits per heavy atom. The zero-order valence-corrected chi connectivity index (χ0v) is 19.3. The van der Waals surface area contributed by atoms with Crippen LogP contribution in [0.3, 0.4) is 0 Å². The van der Waals surface area contributed by atoms with E-state index in [0.29, 0.717) is 37.2 Å². The lowest BCUT2D eigenvalue weighted by Gasteiger charge is -2.42. The minimum absolute atomic E-state index is 0.0151. The number of amides is 4. The zero-order chi connectivity index (χ0) is 24.0. The van der Waals surface area contributed by atoms with Crippen molar-refractivity contribution in [3.63, 3.8) is 0 Å². The molecule has 34 heavy (non-hydrogen) atoms. The van der Waals surface area contributed by atoms with Gasteiger partial charge in [-0.2, -0.15) is 5.10 Å². The molecular formula is C24H29FN6O3. The second-order valence-electron chi connectivity index (χ2n) is 9.74. The molecule has 5 rings (SSSR count). The smallest absolute Gasteiger partial charge is 0.322 e. The monoisotopic (exact) mass is 468 g/mol. The Bertz CT molecular complexity index is 1120. The van der Waals surface area contributed by atoms with Crippen LogP contribution in [0.15, 0.2) is 30.6 Å². The topological polar surface area (TPSA) is 110 Å². The number of urea groups is 1. The van der Waals surface area contributed by atoms with E-state index in [1.54, 1.807) is 18.5 Å². The van der Waals surface area contributed by atoms with Crippen LogP contribution in [0, 0.1) is 17.7 Å². The number of halogens is 1. The Morgan fingerprint density at radius 2 is 2.09 bits per heavy atom. The minimum Gasteiger partial charge on any atom is -0.365 e. The minimum atomic E-state index is -0.975. The molecule has 0 spiro atoms. The molecule has 0 bridgehead atoms. The van der Waals surface area contributed by atoms with Crippen LogP contribution in [0.1, 0.15) is 33.1 Å². The van der Waals surface area contributed by atoms with Crippen LogP contribution < -0.4 is 15.5 Å². The predicted octanol–water partition coefficient (Wildman–Crippen LogP) is 2.27. The molecule has 10 heteroatoms. The van der Waals surface area contributed by atoms with E-state index >= 15 is 0 Å². The Morgan fingerprint density at radius 3 is 2.71 bits per heavy atom. The fourth-order valence-electron chi connectivity index (χ4n) is 5.41. The number of rotatable bonds is 6. The first-order valence-corrected chi connectivity index (χ1v) is 11.8. The number of carbonyl (C=O) groups is 3. The molecule has 0 unspecified atom stereocenters. The average molecular weight is 469 g/mol. The van der Waals surface area contributed by atoms with Gasteiger partial charge in [0.25, 0.3) is 5.91 Å². The van der Waals surface area contributed by atoms with E-state index in [0.717, 1.165) is 18.5 Å². The average Bonchev–Trinajstić information content (AvgIpc) is 3.45. The van der Waals surface area contributed by atoms with Gasteiger partial charge in [-0.15, -0.1) is 0 Å². The third-order valence-corrected chi connectivity index (χ3v) is 7.32. The highest BCUT2D eigenvalue weighted by molar-refractivity contribution is 6.07. The predicted molar refractivity (Wildman–Crippen MR) is 123 cm³/mol. The summed E-state index contributed by atoms with van der Waals surface area (Å²) >= 11 is 0. The number of aromatic amines is 1. The van der Waals surface area contributed by atoms with Crippen molar-refractivity contribution in [2.45, 2.75) is 44.7 Å². The molecule has 1 aromatic carbocycles. The molecule has 1 saturated carbocycles. The van der Waals surface area contributed by atoms with Gasteiger partial charge in [-0.3, -0.25) is 20.0 Å².